The van der Waals surface area contributed by atoms with Crippen LogP contribution in [0.25, 0.3) is 11.3 Å². The number of aliphatic hydroxyl groups is 1. The van der Waals surface area contributed by atoms with Gasteiger partial charge in [0.15, 0.2) is 0 Å². The number of amides is 5. The standard InChI is InChI=1S/C47H61N7O6/c1-8-31(2)41(54-26-25-53(45(54)58)30-36-18-14-15-32(3)49-36)43(56)50-37(27-33-16-10-9-11-17-33)29-40(55)39(51-44(57)42(47(4,5)6)52(7)46(59)60)28-34-20-22-35(23-21-34)38-19-12-13-24-48-38/h9-24,31,37,39-42,55H,8,25-30H2,1-7H3,(H,50,56)(H,51,57)(H,59,60)/t31?,37-,39-,40+,41-,42+/m0/s1. The monoisotopic (exact) mass is 819 g/mol. The SMILES string of the molecule is CCC(C)[C@@H](C(=O)N[C@@H](Cc1ccccc1)C[C@@H](O)[C@H](Cc1ccc(-c2ccccn2)cc1)NC(=O)[C@@H](N(C)C(=O)O)C(C)(C)C)N1CCN(Cc2cccc(C)n2)C1=O. The van der Waals surface area contributed by atoms with E-state index >= 15 is 0 Å². The molecule has 0 radical (unpaired) electrons. The minimum atomic E-state index is -1.25. The highest BCUT2D eigenvalue weighted by Gasteiger charge is 2.42. The zero-order valence-corrected chi connectivity index (χ0v) is 35.9. The summed E-state index contributed by atoms with van der Waals surface area (Å²) in [5.74, 6) is -1.03. The van der Waals surface area contributed by atoms with E-state index in [1.807, 2.05) is 112 Å². The van der Waals surface area contributed by atoms with E-state index in [1.165, 1.54) is 7.05 Å². The molecule has 0 aliphatic carbocycles. The number of carbonyl (C=O) groups is 4. The molecule has 4 N–H and O–H groups in total. The summed E-state index contributed by atoms with van der Waals surface area (Å²) in [7, 11) is 1.36. The van der Waals surface area contributed by atoms with E-state index in [4.69, 9.17) is 0 Å². The smallest absolute Gasteiger partial charge is 0.407 e. The zero-order valence-electron chi connectivity index (χ0n) is 35.9. The van der Waals surface area contributed by atoms with Crippen LogP contribution in [0.2, 0.25) is 0 Å². The molecule has 1 unspecified atom stereocenters. The number of aromatic nitrogens is 2. The molecule has 1 aliphatic rings. The molecular weight excluding hydrogens is 759 g/mol. The summed E-state index contributed by atoms with van der Waals surface area (Å²) in [5.41, 5.74) is 4.35. The molecule has 1 saturated heterocycles. The highest BCUT2D eigenvalue weighted by Crippen LogP contribution is 2.27. The number of rotatable bonds is 18. The number of nitrogens with zero attached hydrogens (tertiary/aromatic N) is 5. The van der Waals surface area contributed by atoms with Gasteiger partial charge in [-0.3, -0.25) is 24.5 Å². The molecule has 60 heavy (non-hydrogen) atoms. The number of carbonyl (C=O) groups excluding carboxylic acids is 3. The quantitative estimate of drug-likeness (QED) is 0.0903. The number of pyridine rings is 2. The van der Waals surface area contributed by atoms with Crippen molar-refractivity contribution in [3.63, 3.8) is 0 Å². The molecule has 13 nitrogen and oxygen atoms in total. The number of carboxylic acid groups (broad SMARTS) is 1. The zero-order chi connectivity index (χ0) is 43.6. The molecule has 0 saturated carbocycles. The first kappa shape index (κ1) is 45.3. The molecule has 1 fully saturated rings. The number of urea groups is 1. The third kappa shape index (κ3) is 11.9. The third-order valence-corrected chi connectivity index (χ3v) is 11.3. The van der Waals surface area contributed by atoms with Crippen molar-refractivity contribution in [3.8, 4) is 11.3 Å². The summed E-state index contributed by atoms with van der Waals surface area (Å²) in [4.78, 5) is 68.1. The minimum absolute atomic E-state index is 0.0544. The van der Waals surface area contributed by atoms with Crippen LogP contribution >= 0.6 is 0 Å². The first-order valence-corrected chi connectivity index (χ1v) is 20.8. The number of nitrogens with one attached hydrogen (secondary N) is 2. The summed E-state index contributed by atoms with van der Waals surface area (Å²) >= 11 is 0. The summed E-state index contributed by atoms with van der Waals surface area (Å²) in [6.45, 7) is 12.4. The average molecular weight is 820 g/mol. The lowest BCUT2D eigenvalue weighted by molar-refractivity contribution is -0.131. The lowest BCUT2D eigenvalue weighted by atomic mass is 9.84. The van der Waals surface area contributed by atoms with Gasteiger partial charge < -0.3 is 30.6 Å². The molecule has 6 atom stereocenters. The number of aryl methyl sites for hydroxylation is 1. The van der Waals surface area contributed by atoms with Crippen LogP contribution in [0.3, 0.4) is 0 Å². The molecular formula is C47H61N7O6. The Labute approximate surface area is 354 Å². The Hall–Kier alpha value is -5.82. The van der Waals surface area contributed by atoms with Crippen LogP contribution in [0, 0.1) is 18.3 Å². The fourth-order valence-corrected chi connectivity index (χ4v) is 8.06. The van der Waals surface area contributed by atoms with E-state index in [2.05, 4.69) is 20.6 Å². The van der Waals surface area contributed by atoms with Gasteiger partial charge in [0, 0.05) is 43.6 Å². The Morgan fingerprint density at radius 2 is 1.55 bits per heavy atom. The number of hydrogen-bond acceptors (Lipinski definition) is 7. The fourth-order valence-electron chi connectivity index (χ4n) is 8.06. The number of hydrogen-bond donors (Lipinski definition) is 4. The van der Waals surface area contributed by atoms with Crippen LogP contribution < -0.4 is 10.6 Å². The Morgan fingerprint density at radius 3 is 2.17 bits per heavy atom. The first-order chi connectivity index (χ1) is 28.5. The van der Waals surface area contributed by atoms with Gasteiger partial charge in [0.1, 0.15) is 12.1 Å². The number of likely N-dealkylation sites (N-methyl/N-ethyl adjacent to an activating group) is 1. The largest absolute Gasteiger partial charge is 0.465 e. The first-order valence-electron chi connectivity index (χ1n) is 20.8. The van der Waals surface area contributed by atoms with Crippen molar-refractivity contribution in [2.45, 2.75) is 104 Å². The predicted octanol–water partition coefficient (Wildman–Crippen LogP) is 6.33. The molecule has 0 bridgehead atoms. The van der Waals surface area contributed by atoms with E-state index in [9.17, 15) is 29.4 Å². The van der Waals surface area contributed by atoms with Crippen LogP contribution in [0.4, 0.5) is 9.59 Å². The second-order valence-electron chi connectivity index (χ2n) is 17.1. The van der Waals surface area contributed by atoms with Gasteiger partial charge in [-0.15, -0.1) is 0 Å². The average Bonchev–Trinajstić information content (AvgIpc) is 3.56. The van der Waals surface area contributed by atoms with Crippen molar-refractivity contribution in [2.24, 2.45) is 11.3 Å². The summed E-state index contributed by atoms with van der Waals surface area (Å²) in [5, 5.41) is 28.4. The maximum Gasteiger partial charge on any atom is 0.407 e. The van der Waals surface area contributed by atoms with Crippen LogP contribution in [-0.4, -0.2) is 109 Å². The van der Waals surface area contributed by atoms with Crippen molar-refractivity contribution >= 4 is 23.9 Å². The highest BCUT2D eigenvalue weighted by molar-refractivity contribution is 5.88. The second kappa shape index (κ2) is 20.4. The molecule has 13 heteroatoms. The van der Waals surface area contributed by atoms with Crippen LogP contribution in [0.1, 0.15) is 70.0 Å². The van der Waals surface area contributed by atoms with E-state index in [-0.39, 0.29) is 30.7 Å². The fraction of sp³-hybridized carbons (Fsp3) is 0.447. The van der Waals surface area contributed by atoms with Gasteiger partial charge >= 0.3 is 12.1 Å². The maximum atomic E-state index is 14.5. The molecule has 1 aliphatic heterocycles. The lowest BCUT2D eigenvalue weighted by Gasteiger charge is -2.37. The van der Waals surface area contributed by atoms with Crippen LogP contribution in [0.15, 0.2) is 97.2 Å². The molecule has 5 amide bonds. The molecule has 0 spiro atoms. The normalized spacial score (nSPS) is 16.0. The van der Waals surface area contributed by atoms with E-state index in [0.29, 0.717) is 32.5 Å². The Bertz CT molecular complexity index is 2040. The number of aliphatic hydroxyl groups excluding tert-OH is 1. The van der Waals surface area contributed by atoms with Gasteiger partial charge in [-0.25, -0.2) is 9.59 Å². The van der Waals surface area contributed by atoms with Crippen LogP contribution in [-0.2, 0) is 29.0 Å². The number of benzene rings is 2. The van der Waals surface area contributed by atoms with E-state index in [1.54, 1.807) is 36.8 Å². The van der Waals surface area contributed by atoms with E-state index < -0.39 is 47.7 Å². The molecule has 2 aromatic heterocycles. The van der Waals surface area contributed by atoms with Gasteiger partial charge in [-0.05, 0) is 72.9 Å². The van der Waals surface area contributed by atoms with Gasteiger partial charge in [0.2, 0.25) is 11.8 Å². The highest BCUT2D eigenvalue weighted by atomic mass is 16.4. The van der Waals surface area contributed by atoms with Crippen molar-refractivity contribution in [1.29, 1.82) is 0 Å². The minimum Gasteiger partial charge on any atom is -0.465 e. The van der Waals surface area contributed by atoms with Gasteiger partial charge in [-0.1, -0.05) is 108 Å². The van der Waals surface area contributed by atoms with Crippen molar-refractivity contribution in [1.82, 2.24) is 35.3 Å². The summed E-state index contributed by atoms with van der Waals surface area (Å²) in [6, 6.07) is 25.2. The Morgan fingerprint density at radius 1 is 0.867 bits per heavy atom. The van der Waals surface area contributed by atoms with Crippen molar-refractivity contribution in [3.05, 3.63) is 120 Å². The maximum absolute atomic E-state index is 14.5. The van der Waals surface area contributed by atoms with Gasteiger partial charge in [0.05, 0.1) is 30.1 Å². The van der Waals surface area contributed by atoms with Crippen molar-refractivity contribution < 1.29 is 29.4 Å². The van der Waals surface area contributed by atoms with Gasteiger partial charge in [0.25, 0.3) is 0 Å². The second-order valence-corrected chi connectivity index (χ2v) is 17.1. The molecule has 5 rings (SSSR count). The molecule has 4 aromatic rings. The molecule has 320 valence electrons. The molecule has 2 aromatic carbocycles. The summed E-state index contributed by atoms with van der Waals surface area (Å²) in [6.07, 6.45) is 0.601. The van der Waals surface area contributed by atoms with Crippen LogP contribution in [0.5, 0.6) is 0 Å². The predicted molar refractivity (Wildman–Crippen MR) is 232 cm³/mol. The van der Waals surface area contributed by atoms with Gasteiger partial charge in [-0.2, -0.15) is 0 Å². The Balaban J connectivity index is 1.42. The molecule has 3 heterocycles. The topological polar surface area (TPSA) is 168 Å². The lowest BCUT2D eigenvalue weighted by Crippen LogP contribution is -2.58. The van der Waals surface area contributed by atoms with Crippen molar-refractivity contribution in [2.75, 3.05) is 20.1 Å². The third-order valence-electron chi connectivity index (χ3n) is 11.3. The van der Waals surface area contributed by atoms with E-state index in [0.717, 1.165) is 38.7 Å². The summed E-state index contributed by atoms with van der Waals surface area (Å²) < 4.78 is 0. The Kier molecular flexibility index (Phi) is 15.4.